The summed E-state index contributed by atoms with van der Waals surface area (Å²) in [6, 6.07) is 7.43. The average molecular weight is 289 g/mol. The van der Waals surface area contributed by atoms with E-state index >= 15 is 0 Å². The summed E-state index contributed by atoms with van der Waals surface area (Å²) in [6.45, 7) is 7.90. The number of halogens is 1. The van der Waals surface area contributed by atoms with Crippen molar-refractivity contribution in [3.8, 4) is 0 Å². The molecule has 0 spiro atoms. The summed E-state index contributed by atoms with van der Waals surface area (Å²) in [5.41, 5.74) is 2.90. The highest BCUT2D eigenvalue weighted by Gasteiger charge is 2.18. The summed E-state index contributed by atoms with van der Waals surface area (Å²) in [6.07, 6.45) is 3.93. The fourth-order valence-corrected chi connectivity index (χ4v) is 2.52. The van der Waals surface area contributed by atoms with E-state index in [-0.39, 0.29) is 11.9 Å². The van der Waals surface area contributed by atoms with E-state index in [4.69, 9.17) is 0 Å². The molecule has 1 aromatic carbocycles. The van der Waals surface area contributed by atoms with Crippen LogP contribution in [-0.4, -0.2) is 16.3 Å². The van der Waals surface area contributed by atoms with Crippen LogP contribution < -0.4 is 5.32 Å². The molecule has 0 aliphatic heterocycles. The predicted molar refractivity (Wildman–Crippen MR) is 83.8 cm³/mol. The summed E-state index contributed by atoms with van der Waals surface area (Å²) in [5, 5.41) is 7.95. The Morgan fingerprint density at radius 2 is 2.05 bits per heavy atom. The summed E-state index contributed by atoms with van der Waals surface area (Å²) >= 11 is 0. The molecule has 1 heterocycles. The summed E-state index contributed by atoms with van der Waals surface area (Å²) < 4.78 is 15.6. The summed E-state index contributed by atoms with van der Waals surface area (Å²) in [4.78, 5) is 0. The zero-order valence-corrected chi connectivity index (χ0v) is 13.1. The van der Waals surface area contributed by atoms with E-state index < -0.39 is 0 Å². The lowest BCUT2D eigenvalue weighted by atomic mass is 10.0. The third kappa shape index (κ3) is 3.70. The van der Waals surface area contributed by atoms with Gasteiger partial charge in [0.25, 0.3) is 0 Å². The van der Waals surface area contributed by atoms with Crippen LogP contribution in [0.1, 0.15) is 49.6 Å². The van der Waals surface area contributed by atoms with E-state index in [1.165, 1.54) is 0 Å². The van der Waals surface area contributed by atoms with E-state index in [1.54, 1.807) is 13.0 Å². The Labute approximate surface area is 126 Å². The summed E-state index contributed by atoms with van der Waals surface area (Å²) in [7, 11) is 0. The SMILES string of the molecule is CCCNC(c1ccc(F)c(C)c1)c1ccnn1CCC. The molecule has 1 aromatic heterocycles. The maximum Gasteiger partial charge on any atom is 0.126 e. The fraction of sp³-hybridized carbons (Fsp3) is 0.471. The maximum absolute atomic E-state index is 13.5. The first kappa shape index (κ1) is 15.7. The van der Waals surface area contributed by atoms with Crippen molar-refractivity contribution in [1.29, 1.82) is 0 Å². The zero-order valence-electron chi connectivity index (χ0n) is 13.1. The zero-order chi connectivity index (χ0) is 15.2. The van der Waals surface area contributed by atoms with Gasteiger partial charge in [-0.05, 0) is 49.6 Å². The van der Waals surface area contributed by atoms with E-state index in [9.17, 15) is 4.39 Å². The number of hydrogen-bond acceptors (Lipinski definition) is 2. The molecule has 0 aliphatic carbocycles. The molecule has 114 valence electrons. The monoisotopic (exact) mass is 289 g/mol. The number of benzene rings is 1. The molecule has 0 saturated carbocycles. The average Bonchev–Trinajstić information content (AvgIpc) is 2.92. The number of aromatic nitrogens is 2. The van der Waals surface area contributed by atoms with Gasteiger partial charge in [0.05, 0.1) is 11.7 Å². The van der Waals surface area contributed by atoms with Crippen LogP contribution in [0.15, 0.2) is 30.5 Å². The predicted octanol–water partition coefficient (Wildman–Crippen LogP) is 3.83. The van der Waals surface area contributed by atoms with Crippen molar-refractivity contribution in [1.82, 2.24) is 15.1 Å². The van der Waals surface area contributed by atoms with Gasteiger partial charge in [-0.1, -0.05) is 26.0 Å². The van der Waals surface area contributed by atoms with Gasteiger partial charge in [-0.25, -0.2) is 4.39 Å². The molecular weight excluding hydrogens is 265 g/mol. The van der Waals surface area contributed by atoms with E-state index in [1.807, 2.05) is 29.1 Å². The molecular formula is C17H24FN3. The van der Waals surface area contributed by atoms with Gasteiger partial charge < -0.3 is 5.32 Å². The van der Waals surface area contributed by atoms with Crippen molar-refractivity contribution in [3.05, 3.63) is 53.1 Å². The van der Waals surface area contributed by atoms with Crippen molar-refractivity contribution in [2.24, 2.45) is 0 Å². The van der Waals surface area contributed by atoms with Gasteiger partial charge in [0.15, 0.2) is 0 Å². The molecule has 2 rings (SSSR count). The number of hydrogen-bond donors (Lipinski definition) is 1. The Bertz CT molecular complexity index is 577. The van der Waals surface area contributed by atoms with Gasteiger partial charge in [0.1, 0.15) is 5.82 Å². The molecule has 0 bridgehead atoms. The lowest BCUT2D eigenvalue weighted by Crippen LogP contribution is -2.26. The van der Waals surface area contributed by atoms with Crippen LogP contribution in [0.2, 0.25) is 0 Å². The van der Waals surface area contributed by atoms with Crippen molar-refractivity contribution in [2.45, 2.75) is 46.2 Å². The Kier molecular flexibility index (Phi) is 5.51. The van der Waals surface area contributed by atoms with Gasteiger partial charge in [-0.15, -0.1) is 0 Å². The molecule has 4 heteroatoms. The van der Waals surface area contributed by atoms with Crippen LogP contribution in [0.5, 0.6) is 0 Å². The first-order valence-electron chi connectivity index (χ1n) is 7.68. The highest BCUT2D eigenvalue weighted by Crippen LogP contribution is 2.24. The molecule has 1 atom stereocenters. The summed E-state index contributed by atoms with van der Waals surface area (Å²) in [5.74, 6) is -0.157. The normalized spacial score (nSPS) is 12.6. The van der Waals surface area contributed by atoms with Crippen LogP contribution in [0.25, 0.3) is 0 Å². The molecule has 0 saturated heterocycles. The quantitative estimate of drug-likeness (QED) is 0.839. The Balaban J connectivity index is 2.37. The van der Waals surface area contributed by atoms with Gasteiger partial charge in [0.2, 0.25) is 0 Å². The molecule has 1 unspecified atom stereocenters. The standard InChI is InChI=1S/C17H24FN3/c1-4-9-19-17(14-6-7-15(18)13(3)12-14)16-8-10-20-21(16)11-5-2/h6-8,10,12,17,19H,4-5,9,11H2,1-3H3. The highest BCUT2D eigenvalue weighted by atomic mass is 19.1. The van der Waals surface area contributed by atoms with Crippen molar-refractivity contribution in [2.75, 3.05) is 6.54 Å². The Hall–Kier alpha value is -1.68. The van der Waals surface area contributed by atoms with Gasteiger partial charge >= 0.3 is 0 Å². The van der Waals surface area contributed by atoms with Gasteiger partial charge in [0, 0.05) is 12.7 Å². The van der Waals surface area contributed by atoms with Crippen LogP contribution in [0, 0.1) is 12.7 Å². The maximum atomic E-state index is 13.5. The Morgan fingerprint density at radius 1 is 1.24 bits per heavy atom. The third-order valence-corrected chi connectivity index (χ3v) is 3.59. The largest absolute Gasteiger partial charge is 0.305 e. The first-order chi connectivity index (χ1) is 10.2. The molecule has 0 aliphatic rings. The smallest absolute Gasteiger partial charge is 0.126 e. The number of aryl methyl sites for hydroxylation is 2. The highest BCUT2D eigenvalue weighted by molar-refractivity contribution is 5.31. The minimum absolute atomic E-state index is 0.0540. The second-order valence-electron chi connectivity index (χ2n) is 5.37. The van der Waals surface area contributed by atoms with Crippen molar-refractivity contribution in [3.63, 3.8) is 0 Å². The van der Waals surface area contributed by atoms with E-state index in [2.05, 4.69) is 24.3 Å². The van der Waals surface area contributed by atoms with Crippen molar-refractivity contribution < 1.29 is 4.39 Å². The second-order valence-corrected chi connectivity index (χ2v) is 5.37. The fourth-order valence-electron chi connectivity index (χ4n) is 2.52. The van der Waals surface area contributed by atoms with E-state index in [0.717, 1.165) is 37.2 Å². The third-order valence-electron chi connectivity index (χ3n) is 3.59. The minimum Gasteiger partial charge on any atom is -0.305 e. The van der Waals surface area contributed by atoms with Crippen LogP contribution >= 0.6 is 0 Å². The molecule has 0 radical (unpaired) electrons. The molecule has 0 fully saturated rings. The van der Waals surface area contributed by atoms with Gasteiger partial charge in [-0.3, -0.25) is 4.68 Å². The minimum atomic E-state index is -0.157. The first-order valence-corrected chi connectivity index (χ1v) is 7.68. The number of rotatable bonds is 7. The van der Waals surface area contributed by atoms with E-state index in [0.29, 0.717) is 5.56 Å². The molecule has 0 amide bonds. The molecule has 1 N–H and O–H groups in total. The topological polar surface area (TPSA) is 29.9 Å². The number of nitrogens with zero attached hydrogens (tertiary/aromatic N) is 2. The second kappa shape index (κ2) is 7.36. The molecule has 21 heavy (non-hydrogen) atoms. The van der Waals surface area contributed by atoms with Gasteiger partial charge in [-0.2, -0.15) is 5.10 Å². The van der Waals surface area contributed by atoms with Crippen LogP contribution in [0.4, 0.5) is 4.39 Å². The lowest BCUT2D eigenvalue weighted by Gasteiger charge is -2.21. The van der Waals surface area contributed by atoms with Crippen molar-refractivity contribution >= 4 is 0 Å². The molecule has 2 aromatic rings. The Morgan fingerprint density at radius 3 is 2.71 bits per heavy atom. The number of nitrogens with one attached hydrogen (secondary N) is 1. The lowest BCUT2D eigenvalue weighted by molar-refractivity contribution is 0.510. The van der Waals surface area contributed by atoms with Crippen LogP contribution in [-0.2, 0) is 6.54 Å². The van der Waals surface area contributed by atoms with Crippen LogP contribution in [0.3, 0.4) is 0 Å². The molecule has 3 nitrogen and oxygen atoms in total.